The van der Waals surface area contributed by atoms with Crippen LogP contribution in [0.5, 0.6) is 5.75 Å². The lowest BCUT2D eigenvalue weighted by molar-refractivity contribution is -0.120. The monoisotopic (exact) mass is 708 g/mol. The molecule has 0 fully saturated rings. The number of benzene rings is 3. The van der Waals surface area contributed by atoms with Crippen molar-refractivity contribution in [1.29, 1.82) is 0 Å². The molecule has 0 aliphatic heterocycles. The van der Waals surface area contributed by atoms with Gasteiger partial charge in [0.2, 0.25) is 5.91 Å². The van der Waals surface area contributed by atoms with E-state index >= 15 is 0 Å². The summed E-state index contributed by atoms with van der Waals surface area (Å²) in [5.74, 6) is 0.630. The molecule has 154 valence electrons. The third kappa shape index (κ3) is 6.93. The third-order valence-corrected chi connectivity index (χ3v) is 6.53. The summed E-state index contributed by atoms with van der Waals surface area (Å²) in [6, 6.07) is 19.1. The first-order valence-corrected chi connectivity index (χ1v) is 12.2. The molecular weight excluding hydrogens is 693 g/mol. The Morgan fingerprint density at radius 1 is 1.10 bits per heavy atom. The number of halogens is 4. The highest BCUT2D eigenvalue weighted by Gasteiger charge is 2.10. The zero-order chi connectivity index (χ0) is 21.5. The maximum Gasteiger partial charge on any atom is 0.244 e. The Hall–Kier alpha value is -1.17. The number of nitrogens with one attached hydrogen (secondary N) is 1. The van der Waals surface area contributed by atoms with E-state index in [-0.39, 0.29) is 12.3 Å². The van der Waals surface area contributed by atoms with Crippen molar-refractivity contribution in [3.05, 3.63) is 94.0 Å². The molecule has 0 spiro atoms. The average molecular weight is 710 g/mol. The van der Waals surface area contributed by atoms with Crippen molar-refractivity contribution in [3.8, 4) is 5.75 Å². The van der Waals surface area contributed by atoms with Gasteiger partial charge in [0.25, 0.3) is 0 Å². The van der Waals surface area contributed by atoms with Gasteiger partial charge in [-0.05, 0) is 86.6 Å². The van der Waals surface area contributed by atoms with Crippen LogP contribution in [0.15, 0.2) is 70.2 Å². The van der Waals surface area contributed by atoms with Crippen molar-refractivity contribution in [2.75, 3.05) is 0 Å². The minimum absolute atomic E-state index is 0.169. The first-order valence-electron chi connectivity index (χ1n) is 8.84. The van der Waals surface area contributed by atoms with Crippen molar-refractivity contribution in [2.24, 2.45) is 5.10 Å². The molecule has 3 aromatic rings. The normalized spacial score (nSPS) is 10.9. The van der Waals surface area contributed by atoms with Gasteiger partial charge >= 0.3 is 0 Å². The molecular formula is C22H16BrClI2N2O2. The molecule has 0 heterocycles. The van der Waals surface area contributed by atoms with E-state index in [0.717, 1.165) is 34.1 Å². The standard InChI is InChI=1S/C22H16BrClI2N2O2/c23-17-7-5-14(6-8-17)11-21(29)28-27-12-15-9-19(25)22(20(26)10-15)30-13-16-3-1-2-4-18(16)24/h1-10,12H,11,13H2,(H,28,29)/b27-12+. The van der Waals surface area contributed by atoms with Crippen molar-refractivity contribution in [2.45, 2.75) is 13.0 Å². The molecule has 1 amide bonds. The molecule has 3 rings (SSSR count). The van der Waals surface area contributed by atoms with E-state index in [0.29, 0.717) is 11.6 Å². The molecule has 0 bridgehead atoms. The first-order chi connectivity index (χ1) is 14.4. The Labute approximate surface area is 215 Å². The molecule has 0 radical (unpaired) electrons. The van der Waals surface area contributed by atoms with Crippen molar-refractivity contribution in [3.63, 3.8) is 0 Å². The molecule has 30 heavy (non-hydrogen) atoms. The van der Waals surface area contributed by atoms with Gasteiger partial charge in [-0.2, -0.15) is 5.10 Å². The molecule has 1 N–H and O–H groups in total. The topological polar surface area (TPSA) is 50.7 Å². The van der Waals surface area contributed by atoms with Gasteiger partial charge in [0, 0.05) is 15.1 Å². The number of rotatable bonds is 7. The maximum atomic E-state index is 12.1. The van der Waals surface area contributed by atoms with Crippen LogP contribution in [0.3, 0.4) is 0 Å². The van der Waals surface area contributed by atoms with E-state index in [1.165, 1.54) is 0 Å². The highest BCUT2D eigenvalue weighted by atomic mass is 127. The molecule has 0 saturated carbocycles. The smallest absolute Gasteiger partial charge is 0.244 e. The molecule has 0 atom stereocenters. The Kier molecular flexibility index (Phi) is 8.97. The van der Waals surface area contributed by atoms with E-state index in [9.17, 15) is 4.79 Å². The highest BCUT2D eigenvalue weighted by molar-refractivity contribution is 14.1. The Morgan fingerprint density at radius 3 is 2.43 bits per heavy atom. The molecule has 0 aliphatic carbocycles. The number of amides is 1. The molecule has 0 aliphatic rings. The minimum Gasteiger partial charge on any atom is -0.487 e. The second-order valence-corrected chi connectivity index (χ2v) is 9.94. The zero-order valence-electron chi connectivity index (χ0n) is 15.5. The quantitative estimate of drug-likeness (QED) is 0.171. The summed E-state index contributed by atoms with van der Waals surface area (Å²) in [5.41, 5.74) is 5.30. The number of ether oxygens (including phenoxy) is 1. The van der Waals surface area contributed by atoms with Gasteiger partial charge in [-0.25, -0.2) is 5.43 Å². The van der Waals surface area contributed by atoms with Gasteiger partial charge in [-0.3, -0.25) is 4.79 Å². The summed E-state index contributed by atoms with van der Waals surface area (Å²) < 4.78 is 8.88. The fourth-order valence-electron chi connectivity index (χ4n) is 2.56. The second-order valence-electron chi connectivity index (χ2n) is 6.29. The minimum atomic E-state index is -0.169. The fraction of sp³-hybridized carbons (Fsp3) is 0.0909. The highest BCUT2D eigenvalue weighted by Crippen LogP contribution is 2.30. The number of hydrogen-bond donors (Lipinski definition) is 1. The molecule has 4 nitrogen and oxygen atoms in total. The lowest BCUT2D eigenvalue weighted by atomic mass is 10.1. The Balaban J connectivity index is 1.59. The number of hydrazone groups is 1. The molecule has 8 heteroatoms. The summed E-state index contributed by atoms with van der Waals surface area (Å²) in [4.78, 5) is 12.1. The van der Waals surface area contributed by atoms with Crippen LogP contribution < -0.4 is 10.2 Å². The van der Waals surface area contributed by atoms with E-state index in [2.05, 4.69) is 71.6 Å². The summed E-state index contributed by atoms with van der Waals surface area (Å²) in [6.07, 6.45) is 1.90. The number of nitrogens with zero attached hydrogens (tertiary/aromatic N) is 1. The van der Waals surface area contributed by atoms with Crippen molar-refractivity contribution < 1.29 is 9.53 Å². The second kappa shape index (κ2) is 11.4. The van der Waals surface area contributed by atoms with Gasteiger partial charge < -0.3 is 4.74 Å². The lowest BCUT2D eigenvalue weighted by Gasteiger charge is -2.12. The van der Waals surface area contributed by atoms with Gasteiger partial charge in [0.05, 0.1) is 19.8 Å². The van der Waals surface area contributed by atoms with Gasteiger partial charge in [0.15, 0.2) is 0 Å². The van der Waals surface area contributed by atoms with Crippen LogP contribution >= 0.6 is 72.7 Å². The zero-order valence-corrected chi connectivity index (χ0v) is 22.2. The molecule has 0 aromatic heterocycles. The summed E-state index contributed by atoms with van der Waals surface area (Å²) in [7, 11) is 0. The van der Waals surface area contributed by atoms with Crippen LogP contribution in [-0.2, 0) is 17.8 Å². The van der Waals surface area contributed by atoms with Crippen LogP contribution in [-0.4, -0.2) is 12.1 Å². The first kappa shape index (κ1) is 23.5. The maximum absolute atomic E-state index is 12.1. The lowest BCUT2D eigenvalue weighted by Crippen LogP contribution is -2.19. The molecule has 0 unspecified atom stereocenters. The number of carbonyl (C=O) groups excluding carboxylic acids is 1. The third-order valence-electron chi connectivity index (χ3n) is 4.03. The number of hydrogen-bond acceptors (Lipinski definition) is 3. The van der Waals surface area contributed by atoms with Crippen molar-refractivity contribution in [1.82, 2.24) is 5.43 Å². The van der Waals surface area contributed by atoms with E-state index < -0.39 is 0 Å². The Bertz CT molecular complexity index is 1050. The summed E-state index contributed by atoms with van der Waals surface area (Å²) in [5, 5.41) is 4.76. The van der Waals surface area contributed by atoms with Crippen LogP contribution in [0, 0.1) is 7.14 Å². The van der Waals surface area contributed by atoms with E-state index in [1.54, 1.807) is 6.21 Å². The Morgan fingerprint density at radius 2 is 1.77 bits per heavy atom. The summed E-state index contributed by atoms with van der Waals surface area (Å²) >= 11 is 14.0. The molecule has 0 saturated heterocycles. The predicted molar refractivity (Wildman–Crippen MR) is 141 cm³/mol. The summed E-state index contributed by atoms with van der Waals surface area (Å²) in [6.45, 7) is 0.394. The average Bonchev–Trinajstić information content (AvgIpc) is 2.70. The van der Waals surface area contributed by atoms with E-state index in [1.807, 2.05) is 60.7 Å². The van der Waals surface area contributed by atoms with Gasteiger partial charge in [-0.1, -0.05) is 57.9 Å². The SMILES string of the molecule is O=C(Cc1ccc(Br)cc1)N/N=C/c1cc(I)c(OCc2ccccc2Cl)c(I)c1. The molecule has 3 aromatic carbocycles. The number of carbonyl (C=O) groups is 1. The van der Waals surface area contributed by atoms with Gasteiger partial charge in [-0.15, -0.1) is 0 Å². The van der Waals surface area contributed by atoms with Crippen molar-refractivity contribution >= 4 is 84.8 Å². The van der Waals surface area contributed by atoms with Crippen LogP contribution in [0.1, 0.15) is 16.7 Å². The van der Waals surface area contributed by atoms with E-state index in [4.69, 9.17) is 16.3 Å². The fourth-order valence-corrected chi connectivity index (χ4v) is 5.15. The largest absolute Gasteiger partial charge is 0.487 e. The van der Waals surface area contributed by atoms with Crippen LogP contribution in [0.4, 0.5) is 0 Å². The van der Waals surface area contributed by atoms with Crippen LogP contribution in [0.25, 0.3) is 0 Å². The predicted octanol–water partition coefficient (Wildman–Crippen LogP) is 6.58. The van der Waals surface area contributed by atoms with Crippen LogP contribution in [0.2, 0.25) is 5.02 Å². The van der Waals surface area contributed by atoms with Gasteiger partial charge in [0.1, 0.15) is 12.4 Å².